The molecule has 0 aliphatic carbocycles. The molecule has 1 amide bonds. The summed E-state index contributed by atoms with van der Waals surface area (Å²) in [6.07, 6.45) is 6.22. The van der Waals surface area contributed by atoms with Crippen LogP contribution >= 0.6 is 11.3 Å². The van der Waals surface area contributed by atoms with Crippen LogP contribution in [0.25, 0.3) is 4.96 Å². The van der Waals surface area contributed by atoms with Crippen molar-refractivity contribution in [2.24, 2.45) is 0 Å². The third-order valence-corrected chi connectivity index (χ3v) is 3.56. The maximum absolute atomic E-state index is 12.1. The van der Waals surface area contributed by atoms with E-state index < -0.39 is 5.91 Å². The van der Waals surface area contributed by atoms with Crippen molar-refractivity contribution in [2.45, 2.75) is 6.54 Å². The van der Waals surface area contributed by atoms with Crippen LogP contribution in [-0.4, -0.2) is 20.3 Å². The van der Waals surface area contributed by atoms with E-state index >= 15 is 0 Å². The van der Waals surface area contributed by atoms with Crippen molar-refractivity contribution in [2.75, 3.05) is 0 Å². The van der Waals surface area contributed by atoms with E-state index in [9.17, 15) is 9.59 Å². The lowest BCUT2D eigenvalue weighted by Crippen LogP contribution is -2.30. The first-order valence-electron chi connectivity index (χ1n) is 5.87. The van der Waals surface area contributed by atoms with Crippen LogP contribution in [0.3, 0.4) is 0 Å². The van der Waals surface area contributed by atoms with Crippen LogP contribution < -0.4 is 10.9 Å². The van der Waals surface area contributed by atoms with Gasteiger partial charge in [-0.15, -0.1) is 11.3 Å². The van der Waals surface area contributed by atoms with Crippen molar-refractivity contribution in [3.8, 4) is 0 Å². The third-order valence-electron chi connectivity index (χ3n) is 2.79. The highest BCUT2D eigenvalue weighted by Gasteiger charge is 2.13. The molecule has 0 aliphatic heterocycles. The number of rotatable bonds is 3. The predicted octanol–water partition coefficient (Wildman–Crippen LogP) is 1.08. The Balaban J connectivity index is 1.82. The van der Waals surface area contributed by atoms with Crippen LogP contribution in [0, 0.1) is 0 Å². The zero-order valence-electron chi connectivity index (χ0n) is 10.3. The average molecular weight is 286 g/mol. The maximum atomic E-state index is 12.1. The Morgan fingerprint density at radius 1 is 1.35 bits per heavy atom. The molecule has 0 aromatic carbocycles. The minimum atomic E-state index is -0.431. The molecule has 0 aliphatic rings. The molecule has 0 radical (unpaired) electrons. The molecule has 0 saturated carbocycles. The third kappa shape index (κ3) is 2.30. The highest BCUT2D eigenvalue weighted by molar-refractivity contribution is 7.15. The van der Waals surface area contributed by atoms with E-state index in [2.05, 4.69) is 15.3 Å². The lowest BCUT2D eigenvalue weighted by Gasteiger charge is -2.04. The number of fused-ring (bicyclic) bond motifs is 1. The minimum Gasteiger partial charge on any atom is -0.348 e. The molecule has 3 aromatic heterocycles. The fourth-order valence-corrected chi connectivity index (χ4v) is 2.43. The fraction of sp³-hybridized carbons (Fsp3) is 0.0769. The molecular formula is C13H10N4O2S. The summed E-state index contributed by atoms with van der Waals surface area (Å²) < 4.78 is 1.37. The van der Waals surface area contributed by atoms with E-state index in [4.69, 9.17) is 0 Å². The minimum absolute atomic E-state index is 0.0370. The van der Waals surface area contributed by atoms with Crippen molar-refractivity contribution in [1.82, 2.24) is 19.7 Å². The van der Waals surface area contributed by atoms with Gasteiger partial charge in [0.2, 0.25) is 0 Å². The zero-order valence-corrected chi connectivity index (χ0v) is 11.1. The molecule has 3 aromatic rings. The average Bonchev–Trinajstić information content (AvgIpc) is 2.96. The van der Waals surface area contributed by atoms with Gasteiger partial charge in [0.05, 0.1) is 0 Å². The van der Waals surface area contributed by atoms with Crippen LogP contribution in [0.1, 0.15) is 15.9 Å². The van der Waals surface area contributed by atoms with Gasteiger partial charge in [-0.2, -0.15) is 0 Å². The molecular weight excluding hydrogens is 276 g/mol. The number of nitrogens with zero attached hydrogens (tertiary/aromatic N) is 3. The van der Waals surface area contributed by atoms with Gasteiger partial charge in [-0.05, 0) is 17.7 Å². The number of aromatic nitrogens is 3. The summed E-state index contributed by atoms with van der Waals surface area (Å²) in [5.74, 6) is -0.431. The summed E-state index contributed by atoms with van der Waals surface area (Å²) in [7, 11) is 0. The van der Waals surface area contributed by atoms with Gasteiger partial charge in [0.25, 0.3) is 11.5 Å². The lowest BCUT2D eigenvalue weighted by atomic mass is 10.2. The molecule has 7 heteroatoms. The van der Waals surface area contributed by atoms with E-state index in [0.717, 1.165) is 5.56 Å². The molecule has 20 heavy (non-hydrogen) atoms. The van der Waals surface area contributed by atoms with Crippen LogP contribution in [-0.2, 0) is 6.54 Å². The zero-order chi connectivity index (χ0) is 13.9. The standard InChI is InChI=1S/C13H10N4O2S/c18-11(15-7-9-1-3-14-4-2-9)10-8-16-13-17(12(10)19)5-6-20-13/h1-6,8H,7H2,(H,15,18). The second kappa shape index (κ2) is 5.22. The van der Waals surface area contributed by atoms with Crippen molar-refractivity contribution in [3.63, 3.8) is 0 Å². The number of amides is 1. The van der Waals surface area contributed by atoms with Crippen molar-refractivity contribution in [1.29, 1.82) is 0 Å². The van der Waals surface area contributed by atoms with E-state index in [1.54, 1.807) is 36.1 Å². The maximum Gasteiger partial charge on any atom is 0.271 e. The van der Waals surface area contributed by atoms with Crippen molar-refractivity contribution in [3.05, 3.63) is 63.8 Å². The van der Waals surface area contributed by atoms with E-state index in [-0.39, 0.29) is 11.1 Å². The molecule has 1 N–H and O–H groups in total. The van der Waals surface area contributed by atoms with E-state index in [1.165, 1.54) is 21.9 Å². The first kappa shape index (κ1) is 12.5. The number of carbonyl (C=O) groups excluding carboxylic acids is 1. The first-order valence-corrected chi connectivity index (χ1v) is 6.75. The van der Waals surface area contributed by atoms with Gasteiger partial charge >= 0.3 is 0 Å². The SMILES string of the molecule is O=C(NCc1ccncc1)c1cnc2sccn2c1=O. The Labute approximate surface area is 117 Å². The Hall–Kier alpha value is -2.54. The molecule has 3 rings (SSSR count). The van der Waals surface area contributed by atoms with Crippen LogP contribution in [0.15, 0.2) is 47.1 Å². The second-order valence-corrected chi connectivity index (χ2v) is 4.94. The smallest absolute Gasteiger partial charge is 0.271 e. The molecule has 100 valence electrons. The predicted molar refractivity (Wildman–Crippen MR) is 74.7 cm³/mol. The van der Waals surface area contributed by atoms with Crippen LogP contribution in [0.5, 0.6) is 0 Å². The monoisotopic (exact) mass is 286 g/mol. The number of hydrogen-bond acceptors (Lipinski definition) is 5. The Bertz CT molecular complexity index is 810. The largest absolute Gasteiger partial charge is 0.348 e. The molecule has 0 fully saturated rings. The summed E-state index contributed by atoms with van der Waals surface area (Å²) >= 11 is 1.35. The number of thiazole rings is 1. The van der Waals surface area contributed by atoms with E-state index in [1.807, 2.05) is 0 Å². The quantitative estimate of drug-likeness (QED) is 0.781. The van der Waals surface area contributed by atoms with Gasteiger partial charge in [0, 0.05) is 36.7 Å². The summed E-state index contributed by atoms with van der Waals surface area (Å²) in [5.41, 5.74) is 0.594. The summed E-state index contributed by atoms with van der Waals surface area (Å²) in [5, 5.41) is 4.45. The first-order chi connectivity index (χ1) is 9.75. The van der Waals surface area contributed by atoms with Gasteiger partial charge in [-0.3, -0.25) is 19.0 Å². The van der Waals surface area contributed by atoms with Gasteiger partial charge in [-0.1, -0.05) is 0 Å². The number of pyridine rings is 1. The topological polar surface area (TPSA) is 76.4 Å². The van der Waals surface area contributed by atoms with Crippen LogP contribution in [0.2, 0.25) is 0 Å². The Morgan fingerprint density at radius 3 is 2.95 bits per heavy atom. The van der Waals surface area contributed by atoms with Gasteiger partial charge in [-0.25, -0.2) is 4.98 Å². The summed E-state index contributed by atoms with van der Waals surface area (Å²) in [6.45, 7) is 0.340. The molecule has 0 unspecified atom stereocenters. The highest BCUT2D eigenvalue weighted by Crippen LogP contribution is 2.05. The number of nitrogens with one attached hydrogen (secondary N) is 1. The molecule has 3 heterocycles. The molecule has 0 saturated heterocycles. The lowest BCUT2D eigenvalue weighted by molar-refractivity contribution is 0.0949. The van der Waals surface area contributed by atoms with Gasteiger partial charge < -0.3 is 5.32 Å². The normalized spacial score (nSPS) is 10.6. The van der Waals surface area contributed by atoms with Crippen LogP contribution in [0.4, 0.5) is 0 Å². The summed E-state index contributed by atoms with van der Waals surface area (Å²) in [6, 6.07) is 3.60. The fourth-order valence-electron chi connectivity index (χ4n) is 1.76. The second-order valence-electron chi connectivity index (χ2n) is 4.07. The van der Waals surface area contributed by atoms with Gasteiger partial charge in [0.1, 0.15) is 5.56 Å². The Morgan fingerprint density at radius 2 is 2.15 bits per heavy atom. The van der Waals surface area contributed by atoms with Crippen molar-refractivity contribution >= 4 is 22.2 Å². The number of hydrogen-bond donors (Lipinski definition) is 1. The highest BCUT2D eigenvalue weighted by atomic mass is 32.1. The molecule has 0 bridgehead atoms. The molecule has 0 atom stereocenters. The van der Waals surface area contributed by atoms with E-state index in [0.29, 0.717) is 11.5 Å². The number of carbonyl (C=O) groups is 1. The van der Waals surface area contributed by atoms with Crippen molar-refractivity contribution < 1.29 is 4.79 Å². The summed E-state index contributed by atoms with van der Waals surface area (Å²) in [4.78, 5) is 32.7. The molecule has 0 spiro atoms. The van der Waals surface area contributed by atoms with Gasteiger partial charge in [0.15, 0.2) is 4.96 Å². The molecule has 6 nitrogen and oxygen atoms in total. The Kier molecular flexibility index (Phi) is 3.26.